The SMILES string of the molecule is CN(C)CCOc1cc(CN=C(N)NCC2CCC2)ccn1. The van der Waals surface area contributed by atoms with Crippen LogP contribution in [0.1, 0.15) is 24.8 Å². The van der Waals surface area contributed by atoms with Gasteiger partial charge in [0.25, 0.3) is 0 Å². The number of aromatic nitrogens is 1. The third kappa shape index (κ3) is 5.89. The molecular weight excluding hydrogens is 278 g/mol. The van der Waals surface area contributed by atoms with E-state index in [0.29, 0.717) is 25.0 Å². The molecule has 0 aliphatic heterocycles. The highest BCUT2D eigenvalue weighted by molar-refractivity contribution is 5.77. The first-order valence-corrected chi connectivity index (χ1v) is 7.89. The van der Waals surface area contributed by atoms with Crippen LogP contribution >= 0.6 is 0 Å². The Bertz CT molecular complexity index is 485. The van der Waals surface area contributed by atoms with Crippen molar-refractivity contribution in [3.63, 3.8) is 0 Å². The average molecular weight is 305 g/mol. The van der Waals surface area contributed by atoms with E-state index in [4.69, 9.17) is 10.5 Å². The predicted octanol–water partition coefficient (Wildman–Crippen LogP) is 1.23. The number of ether oxygens (including phenoxy) is 1. The summed E-state index contributed by atoms with van der Waals surface area (Å²) in [4.78, 5) is 10.6. The summed E-state index contributed by atoms with van der Waals surface area (Å²) in [6.45, 7) is 2.96. The van der Waals surface area contributed by atoms with E-state index in [0.717, 1.165) is 24.6 Å². The molecule has 3 N–H and O–H groups in total. The predicted molar refractivity (Wildman–Crippen MR) is 89.0 cm³/mol. The maximum atomic E-state index is 5.89. The monoisotopic (exact) mass is 305 g/mol. The number of guanidine groups is 1. The Morgan fingerprint density at radius 2 is 2.32 bits per heavy atom. The zero-order valence-electron chi connectivity index (χ0n) is 13.6. The number of nitrogens with zero attached hydrogens (tertiary/aromatic N) is 3. The molecular formula is C16H27N5O. The lowest BCUT2D eigenvalue weighted by Crippen LogP contribution is -2.37. The highest BCUT2D eigenvalue weighted by Crippen LogP contribution is 2.24. The largest absolute Gasteiger partial charge is 0.476 e. The maximum Gasteiger partial charge on any atom is 0.213 e. The molecule has 2 rings (SSSR count). The topological polar surface area (TPSA) is 75.8 Å². The van der Waals surface area contributed by atoms with Crippen LogP contribution in [0.5, 0.6) is 5.88 Å². The van der Waals surface area contributed by atoms with Crippen molar-refractivity contribution in [2.24, 2.45) is 16.6 Å². The van der Waals surface area contributed by atoms with Gasteiger partial charge in [-0.15, -0.1) is 0 Å². The third-order valence-corrected chi connectivity index (χ3v) is 3.82. The molecule has 1 saturated carbocycles. The van der Waals surface area contributed by atoms with Crippen molar-refractivity contribution in [1.82, 2.24) is 15.2 Å². The van der Waals surface area contributed by atoms with Crippen LogP contribution in [0.4, 0.5) is 0 Å². The van der Waals surface area contributed by atoms with Gasteiger partial charge in [-0.05, 0) is 44.5 Å². The van der Waals surface area contributed by atoms with Gasteiger partial charge in [0.15, 0.2) is 5.96 Å². The molecule has 0 aromatic carbocycles. The Kier molecular flexibility index (Phi) is 6.45. The van der Waals surface area contributed by atoms with Crippen molar-refractivity contribution in [2.45, 2.75) is 25.8 Å². The smallest absolute Gasteiger partial charge is 0.213 e. The molecule has 1 aromatic rings. The molecule has 6 nitrogen and oxygen atoms in total. The Morgan fingerprint density at radius 3 is 3.00 bits per heavy atom. The lowest BCUT2D eigenvalue weighted by Gasteiger charge is -2.25. The van der Waals surface area contributed by atoms with E-state index in [1.807, 2.05) is 26.2 Å². The van der Waals surface area contributed by atoms with Gasteiger partial charge in [0.1, 0.15) is 6.61 Å². The molecule has 122 valence electrons. The van der Waals surface area contributed by atoms with Gasteiger partial charge in [0.05, 0.1) is 6.54 Å². The van der Waals surface area contributed by atoms with Gasteiger partial charge in [-0.3, -0.25) is 0 Å². The maximum absolute atomic E-state index is 5.89. The molecule has 0 radical (unpaired) electrons. The molecule has 0 atom stereocenters. The Balaban J connectivity index is 1.76. The van der Waals surface area contributed by atoms with E-state index in [9.17, 15) is 0 Å². The summed E-state index contributed by atoms with van der Waals surface area (Å²) < 4.78 is 5.62. The lowest BCUT2D eigenvalue weighted by molar-refractivity contribution is 0.253. The number of pyridine rings is 1. The minimum Gasteiger partial charge on any atom is -0.476 e. The molecule has 1 fully saturated rings. The second-order valence-corrected chi connectivity index (χ2v) is 6.03. The first kappa shape index (κ1) is 16.5. The summed E-state index contributed by atoms with van der Waals surface area (Å²) in [6.07, 6.45) is 5.70. The summed E-state index contributed by atoms with van der Waals surface area (Å²) >= 11 is 0. The number of nitrogens with one attached hydrogen (secondary N) is 1. The number of aliphatic imine (C=N–C) groups is 1. The van der Waals surface area contributed by atoms with Crippen LogP contribution in [-0.4, -0.2) is 49.6 Å². The molecule has 0 unspecified atom stereocenters. The molecule has 6 heteroatoms. The first-order valence-electron chi connectivity index (χ1n) is 7.89. The first-order chi connectivity index (χ1) is 10.6. The Morgan fingerprint density at radius 1 is 1.50 bits per heavy atom. The van der Waals surface area contributed by atoms with Gasteiger partial charge < -0.3 is 20.7 Å². The van der Waals surface area contributed by atoms with Crippen molar-refractivity contribution in [3.8, 4) is 5.88 Å². The fraction of sp³-hybridized carbons (Fsp3) is 0.625. The number of rotatable bonds is 8. The van der Waals surface area contributed by atoms with Crippen LogP contribution < -0.4 is 15.8 Å². The van der Waals surface area contributed by atoms with Gasteiger partial charge in [-0.2, -0.15) is 0 Å². The fourth-order valence-corrected chi connectivity index (χ4v) is 2.14. The highest BCUT2D eigenvalue weighted by Gasteiger charge is 2.16. The van der Waals surface area contributed by atoms with Crippen LogP contribution in [0.3, 0.4) is 0 Å². The van der Waals surface area contributed by atoms with Crippen molar-refractivity contribution < 1.29 is 4.74 Å². The number of hydrogen-bond acceptors (Lipinski definition) is 4. The lowest BCUT2D eigenvalue weighted by atomic mass is 9.85. The van der Waals surface area contributed by atoms with E-state index in [1.165, 1.54) is 19.3 Å². The van der Waals surface area contributed by atoms with Gasteiger partial charge in [-0.1, -0.05) is 6.42 Å². The zero-order valence-corrected chi connectivity index (χ0v) is 13.6. The Labute approximate surface area is 132 Å². The Hall–Kier alpha value is -1.82. The van der Waals surface area contributed by atoms with Gasteiger partial charge >= 0.3 is 0 Å². The standard InChI is InChI=1S/C16H27N5O/c1-21(2)8-9-22-15-10-14(6-7-18-15)12-20-16(17)19-11-13-4-3-5-13/h6-7,10,13H,3-5,8-9,11-12H2,1-2H3,(H3,17,19,20). The molecule has 1 aliphatic rings. The molecule has 0 amide bonds. The van der Waals surface area contributed by atoms with Gasteiger partial charge in [0.2, 0.25) is 5.88 Å². The van der Waals surface area contributed by atoms with Crippen molar-refractivity contribution in [2.75, 3.05) is 33.8 Å². The quantitative estimate of drug-likeness (QED) is 0.558. The number of hydrogen-bond donors (Lipinski definition) is 2. The average Bonchev–Trinajstić information content (AvgIpc) is 2.43. The summed E-state index contributed by atoms with van der Waals surface area (Å²) in [6, 6.07) is 3.85. The van der Waals surface area contributed by atoms with Crippen molar-refractivity contribution in [1.29, 1.82) is 0 Å². The summed E-state index contributed by atoms with van der Waals surface area (Å²) in [5.74, 6) is 1.92. The van der Waals surface area contributed by atoms with Gasteiger partial charge in [-0.25, -0.2) is 9.98 Å². The number of likely N-dealkylation sites (N-methyl/N-ethyl adjacent to an activating group) is 1. The third-order valence-electron chi connectivity index (χ3n) is 3.82. The van der Waals surface area contributed by atoms with E-state index in [-0.39, 0.29) is 0 Å². The molecule has 0 spiro atoms. The summed E-state index contributed by atoms with van der Waals surface area (Å²) in [5.41, 5.74) is 6.93. The minimum atomic E-state index is 0.513. The van der Waals surface area contributed by atoms with Crippen molar-refractivity contribution >= 4 is 5.96 Å². The highest BCUT2D eigenvalue weighted by atomic mass is 16.5. The second kappa shape index (κ2) is 8.58. The molecule has 22 heavy (non-hydrogen) atoms. The second-order valence-electron chi connectivity index (χ2n) is 6.03. The van der Waals surface area contributed by atoms with Crippen LogP contribution in [0.25, 0.3) is 0 Å². The van der Waals surface area contributed by atoms with E-state index in [2.05, 4.69) is 20.2 Å². The molecule has 1 aromatic heterocycles. The van der Waals surface area contributed by atoms with Crippen LogP contribution in [-0.2, 0) is 6.54 Å². The molecule has 1 heterocycles. The minimum absolute atomic E-state index is 0.513. The van der Waals surface area contributed by atoms with E-state index in [1.54, 1.807) is 6.20 Å². The van der Waals surface area contributed by atoms with Crippen LogP contribution in [0, 0.1) is 5.92 Å². The molecule has 1 aliphatic carbocycles. The molecule has 0 saturated heterocycles. The summed E-state index contributed by atoms with van der Waals surface area (Å²) in [7, 11) is 4.03. The van der Waals surface area contributed by atoms with Crippen LogP contribution in [0.15, 0.2) is 23.3 Å². The molecule has 0 bridgehead atoms. The number of nitrogens with two attached hydrogens (primary N) is 1. The van der Waals surface area contributed by atoms with Gasteiger partial charge in [0, 0.05) is 25.4 Å². The fourth-order valence-electron chi connectivity index (χ4n) is 2.14. The van der Waals surface area contributed by atoms with Crippen molar-refractivity contribution in [3.05, 3.63) is 23.9 Å². The van der Waals surface area contributed by atoms with E-state index >= 15 is 0 Å². The van der Waals surface area contributed by atoms with Crippen LogP contribution in [0.2, 0.25) is 0 Å². The zero-order chi connectivity index (χ0) is 15.8. The van der Waals surface area contributed by atoms with E-state index < -0.39 is 0 Å². The summed E-state index contributed by atoms with van der Waals surface area (Å²) in [5, 5.41) is 3.19. The normalized spacial score (nSPS) is 15.7.